The molecule has 0 atom stereocenters. The zero-order chi connectivity index (χ0) is 53.3. The predicted octanol–water partition coefficient (Wildman–Crippen LogP) is 6.42. The van der Waals surface area contributed by atoms with Crippen molar-refractivity contribution in [3.63, 3.8) is 0 Å². The van der Waals surface area contributed by atoms with Crippen molar-refractivity contribution in [3.8, 4) is 17.2 Å². The molecule has 30 nitrogen and oxygen atoms in total. The molecule has 7 rings (SSSR count). The van der Waals surface area contributed by atoms with Gasteiger partial charge in [-0.2, -0.15) is 65.5 Å². The van der Waals surface area contributed by atoms with E-state index in [1.807, 2.05) is 0 Å². The summed E-state index contributed by atoms with van der Waals surface area (Å²) in [4.78, 5) is 4.60. The first-order valence-electron chi connectivity index (χ1n) is 18.3. The fraction of sp³-hybridized carbons (Fsp3) is 0. The Hall–Kier alpha value is -6.68. The molecule has 1 radical (unpaired) electrons. The Morgan fingerprint density at radius 2 is 1.00 bits per heavy atom. The van der Waals surface area contributed by atoms with Crippen LogP contribution in [0.5, 0.6) is 17.2 Å². The molecule has 38 heteroatoms. The van der Waals surface area contributed by atoms with Crippen LogP contribution in [0.1, 0.15) is 8.56 Å². The number of rotatable bonds is 14. The zero-order valence-electron chi connectivity index (χ0n) is 40.7. The molecule has 73 heavy (non-hydrogen) atoms. The number of phenolic OH excluding ortho intramolecular Hbond substituents is 3. The third-order valence-electron chi connectivity index (χ3n) is 9.41. The van der Waals surface area contributed by atoms with E-state index in [9.17, 15) is 93.1 Å². The van der Waals surface area contributed by atoms with Crippen molar-refractivity contribution in [1.82, 2.24) is 15.0 Å². The van der Waals surface area contributed by atoms with Gasteiger partial charge in [0.1, 0.15) is 48.1 Å². The van der Waals surface area contributed by atoms with E-state index in [1.165, 1.54) is 12.1 Å². The number of fused-ring (bicyclic) bond motifs is 2. The van der Waals surface area contributed by atoms with Crippen LogP contribution in [0, 0.1) is 0 Å². The van der Waals surface area contributed by atoms with E-state index in [1.54, 1.807) is 0 Å². The standard InChI is InChI=1S/C35H24ClN9O21S6.Cu/c36-33-39-34(37-14-2-1-3-16(8-14)67(49,50)51)41-35(40-33)38-15-4-6-21(25(9-15)70(58,59)60)42-45-30-27(72(64,65)66)12-19-18(31(30)47)5-7-23(46)29(19)44-43-22-13-24(69(55,56)57)20-10-17(68(52,53)54)11-26(71(61,62)63)28(20)32(22)48;/h1-13,46-48H,(H,49,50,51)(H,52,53,54)(H,55,56,57)(H,58,59,60)(H,61,62,63)(H,64,65,66)(H2,37,38,39,40,41);/p+6. The molecule has 0 saturated carbocycles. The van der Waals surface area contributed by atoms with Gasteiger partial charge in [0.2, 0.25) is 17.2 Å². The fourth-order valence-electron chi connectivity index (χ4n) is 6.40. The average molecular weight is 1200 g/mol. The first kappa shape index (κ1) is 55.6. The van der Waals surface area contributed by atoms with Gasteiger partial charge in [0.15, 0.2) is 11.5 Å². The zero-order valence-corrected chi connectivity index (χ0v) is 41.3. The van der Waals surface area contributed by atoms with Crippen molar-refractivity contribution in [2.75, 3.05) is 10.6 Å². The Bertz CT molecular complexity index is 4320. The number of hydrogen-bond acceptors (Lipinski definition) is 24. The van der Waals surface area contributed by atoms with E-state index < -0.39 is 157 Å². The number of phenols is 3. The van der Waals surface area contributed by atoms with Crippen molar-refractivity contribution < 1.29 is 119 Å². The monoisotopic (exact) mass is 1200 g/mol. The van der Waals surface area contributed by atoms with E-state index in [0.717, 1.165) is 42.5 Å². The second-order valence-electron chi connectivity index (χ2n) is 14.1. The van der Waals surface area contributed by atoms with Crippen LogP contribution < -0.4 is 10.6 Å². The normalized spacial score (nSPS) is 12.9. The summed E-state index contributed by atoms with van der Waals surface area (Å²) in [6, 6.07) is 10.4. The van der Waals surface area contributed by atoms with E-state index >= 15 is 0 Å². The third kappa shape index (κ3) is 12.1. The Kier molecular flexibility index (Phi) is 15.0. The van der Waals surface area contributed by atoms with Gasteiger partial charge in [-0.1, -0.05) is 6.07 Å². The second-order valence-corrected chi connectivity index (χ2v) is 22.9. The SMILES string of the molecule is O=S(=O)(O)c1cccc(Nc2nc(Cl)nc(Nc3ccc(N=Nc4c(S(=O)(=O)O)cc5c(N=Nc6cc(S(=O)(=O)O)c7cc(S(=O)(=O)O)cc(S(=O)(=O)O)c7c6O)c(O)ccc5c4O)c(S(=O)(=O)O)c3)n2)c1.[Cu].[H+].[H+].[H+].[H+].[H+].[H+]. The minimum absolute atomic E-state index is 0. The van der Waals surface area contributed by atoms with Gasteiger partial charge in [-0.15, -0.1) is 20.5 Å². The maximum atomic E-state index is 12.8. The van der Waals surface area contributed by atoms with Crippen LogP contribution in [-0.2, 0) is 77.8 Å². The van der Waals surface area contributed by atoms with Gasteiger partial charge in [0, 0.05) is 50.0 Å². The van der Waals surface area contributed by atoms with Gasteiger partial charge in [-0.25, -0.2) is 0 Å². The van der Waals surface area contributed by atoms with Gasteiger partial charge >= 0.3 is 8.56 Å². The summed E-state index contributed by atoms with van der Waals surface area (Å²) in [5, 5.41) is 49.0. The molecule has 0 amide bonds. The molecule has 1 heterocycles. The minimum atomic E-state index is -5.63. The largest absolute Gasteiger partial charge is 1.00 e. The number of azo groups is 2. The molecular formula is C35H30ClCuN9O21S6+6. The number of aromatic hydroxyl groups is 3. The van der Waals surface area contributed by atoms with Crippen LogP contribution in [-0.4, -0.2) is 108 Å². The number of anilines is 4. The Labute approximate surface area is 433 Å². The summed E-state index contributed by atoms with van der Waals surface area (Å²) in [7, 11) is -32.0. The maximum Gasteiger partial charge on any atom is 1.00 e. The first-order valence-corrected chi connectivity index (χ1v) is 27.4. The van der Waals surface area contributed by atoms with Crippen molar-refractivity contribution in [1.29, 1.82) is 0 Å². The van der Waals surface area contributed by atoms with E-state index in [0.29, 0.717) is 18.2 Å². The molecule has 1 aromatic heterocycles. The Morgan fingerprint density at radius 3 is 1.56 bits per heavy atom. The number of hydrogen-bond donors (Lipinski definition) is 11. The third-order valence-corrected chi connectivity index (χ3v) is 14.8. The van der Waals surface area contributed by atoms with Gasteiger partial charge in [0.25, 0.3) is 60.7 Å². The molecule has 0 aliphatic carbocycles. The van der Waals surface area contributed by atoms with Gasteiger partial charge in [-0.05, 0) is 84.4 Å². The Morgan fingerprint density at radius 1 is 0.452 bits per heavy atom. The number of nitrogens with one attached hydrogen (secondary N) is 2. The number of benzene rings is 6. The van der Waals surface area contributed by atoms with Crippen molar-refractivity contribution in [3.05, 3.63) is 84.1 Å². The quantitative estimate of drug-likeness (QED) is 0.0318. The van der Waals surface area contributed by atoms with Gasteiger partial charge < -0.3 is 26.0 Å². The molecule has 0 unspecified atom stereocenters. The van der Waals surface area contributed by atoms with Crippen LogP contribution in [0.3, 0.4) is 0 Å². The van der Waals surface area contributed by atoms with Crippen molar-refractivity contribution in [2.24, 2.45) is 20.5 Å². The van der Waals surface area contributed by atoms with E-state index in [2.05, 4.69) is 46.0 Å². The number of halogens is 1. The summed E-state index contributed by atoms with van der Waals surface area (Å²) in [6.07, 6.45) is 0. The molecule has 0 spiro atoms. The summed E-state index contributed by atoms with van der Waals surface area (Å²) in [5.41, 5.74) is -3.99. The first-order chi connectivity index (χ1) is 33.1. The number of aromatic nitrogens is 3. The number of nitrogens with zero attached hydrogens (tertiary/aromatic N) is 7. The van der Waals surface area contributed by atoms with Crippen LogP contribution in [0.2, 0.25) is 5.28 Å². The average Bonchev–Trinajstić information content (AvgIpc) is 3.24. The van der Waals surface area contributed by atoms with Gasteiger partial charge in [0.05, 0.1) is 9.79 Å². The van der Waals surface area contributed by atoms with E-state index in [-0.39, 0.29) is 55.0 Å². The summed E-state index contributed by atoms with van der Waals surface area (Å²) in [5.74, 6) is -4.19. The van der Waals surface area contributed by atoms with Crippen molar-refractivity contribution in [2.45, 2.75) is 29.4 Å². The van der Waals surface area contributed by atoms with Crippen LogP contribution in [0.25, 0.3) is 21.5 Å². The molecule has 389 valence electrons. The van der Waals surface area contributed by atoms with Crippen LogP contribution >= 0.6 is 11.6 Å². The summed E-state index contributed by atoms with van der Waals surface area (Å²) >= 11 is 6.02. The maximum absolute atomic E-state index is 12.8. The Balaban J connectivity index is 0.00000869. The smallest absolute Gasteiger partial charge is 0.506 e. The second kappa shape index (κ2) is 19.6. The molecule has 0 bridgehead atoms. The molecule has 0 aliphatic heterocycles. The molecule has 6 aromatic carbocycles. The minimum Gasteiger partial charge on any atom is -0.506 e. The van der Waals surface area contributed by atoms with Crippen molar-refractivity contribution >= 4 is 140 Å². The molecule has 11 N–H and O–H groups in total. The molecule has 0 saturated heterocycles. The molecule has 7 aromatic rings. The summed E-state index contributed by atoms with van der Waals surface area (Å²) in [6.45, 7) is 0. The van der Waals surface area contributed by atoms with Gasteiger partial charge in [-0.3, -0.25) is 27.3 Å². The molecular weight excluding hydrogens is 1170 g/mol. The van der Waals surface area contributed by atoms with Crippen LogP contribution in [0.4, 0.5) is 46.0 Å². The van der Waals surface area contributed by atoms with Crippen LogP contribution in [0.15, 0.2) is 129 Å². The topological polar surface area (TPSA) is 499 Å². The molecule has 0 fully saturated rings. The molecule has 0 aliphatic rings. The predicted molar refractivity (Wildman–Crippen MR) is 251 cm³/mol. The summed E-state index contributed by atoms with van der Waals surface area (Å²) < 4.78 is 206. The van der Waals surface area contributed by atoms with E-state index in [4.69, 9.17) is 11.6 Å². The fourth-order valence-corrected chi connectivity index (χ4v) is 10.4.